The van der Waals surface area contributed by atoms with Crippen LogP contribution in [0.2, 0.25) is 0 Å². The number of ether oxygens (including phenoxy) is 2. The van der Waals surface area contributed by atoms with Crippen molar-refractivity contribution in [2.45, 2.75) is 12.8 Å². The number of hydrogen-bond acceptors (Lipinski definition) is 5. The standard InChI is InChI=1S/C24H25N3O3/c1-29-22-15-20(27-11-5-6-12-27)10-9-19(22)16-25-26-24(28)21-13-17-7-3-4-8-18(17)14-23(21)30-2/h3-4,7-10,13-16H,5-6,11-12H2,1-2H3,(H,26,28). The summed E-state index contributed by atoms with van der Waals surface area (Å²) in [6.07, 6.45) is 4.03. The Morgan fingerprint density at radius 2 is 1.67 bits per heavy atom. The second-order valence-corrected chi connectivity index (χ2v) is 7.22. The Morgan fingerprint density at radius 1 is 0.967 bits per heavy atom. The third-order valence-corrected chi connectivity index (χ3v) is 5.37. The lowest BCUT2D eigenvalue weighted by atomic mass is 10.1. The number of fused-ring (bicyclic) bond motifs is 1. The molecule has 1 heterocycles. The highest BCUT2D eigenvalue weighted by molar-refractivity contribution is 6.02. The van der Waals surface area contributed by atoms with Crippen LogP contribution in [-0.4, -0.2) is 39.4 Å². The van der Waals surface area contributed by atoms with E-state index in [4.69, 9.17) is 9.47 Å². The maximum absolute atomic E-state index is 12.7. The molecule has 0 spiro atoms. The second kappa shape index (κ2) is 8.86. The Hall–Kier alpha value is -3.54. The summed E-state index contributed by atoms with van der Waals surface area (Å²) in [6.45, 7) is 2.14. The molecule has 3 aromatic carbocycles. The van der Waals surface area contributed by atoms with Crippen molar-refractivity contribution in [3.8, 4) is 11.5 Å². The van der Waals surface area contributed by atoms with E-state index in [0.29, 0.717) is 11.3 Å². The molecule has 30 heavy (non-hydrogen) atoms. The van der Waals surface area contributed by atoms with Crippen LogP contribution in [0.3, 0.4) is 0 Å². The Kier molecular flexibility index (Phi) is 5.84. The van der Waals surface area contributed by atoms with Crippen LogP contribution in [0.4, 0.5) is 5.69 Å². The minimum Gasteiger partial charge on any atom is -0.496 e. The first kappa shape index (κ1) is 19.8. The number of nitrogens with one attached hydrogen (secondary N) is 1. The van der Waals surface area contributed by atoms with Gasteiger partial charge in [0.1, 0.15) is 11.5 Å². The van der Waals surface area contributed by atoms with Crippen LogP contribution in [0.25, 0.3) is 10.8 Å². The molecule has 6 heteroatoms. The largest absolute Gasteiger partial charge is 0.496 e. The third-order valence-electron chi connectivity index (χ3n) is 5.37. The summed E-state index contributed by atoms with van der Waals surface area (Å²) in [5.74, 6) is 0.899. The van der Waals surface area contributed by atoms with E-state index in [0.717, 1.165) is 40.9 Å². The zero-order valence-corrected chi connectivity index (χ0v) is 17.2. The van der Waals surface area contributed by atoms with Crippen molar-refractivity contribution < 1.29 is 14.3 Å². The molecule has 0 aromatic heterocycles. The van der Waals surface area contributed by atoms with Gasteiger partial charge in [-0.2, -0.15) is 5.10 Å². The lowest BCUT2D eigenvalue weighted by Gasteiger charge is -2.18. The molecule has 0 bridgehead atoms. The topological polar surface area (TPSA) is 63.2 Å². The number of amides is 1. The van der Waals surface area contributed by atoms with E-state index >= 15 is 0 Å². The number of benzene rings is 3. The quantitative estimate of drug-likeness (QED) is 0.494. The van der Waals surface area contributed by atoms with Crippen LogP contribution in [0, 0.1) is 0 Å². The number of methoxy groups -OCH3 is 2. The molecule has 1 aliphatic rings. The number of anilines is 1. The molecule has 4 rings (SSSR count). The summed E-state index contributed by atoms with van der Waals surface area (Å²) in [5.41, 5.74) is 4.97. The van der Waals surface area contributed by atoms with Gasteiger partial charge in [0.05, 0.1) is 26.0 Å². The molecule has 1 amide bonds. The van der Waals surface area contributed by atoms with Crippen LogP contribution in [-0.2, 0) is 0 Å². The van der Waals surface area contributed by atoms with Crippen molar-refractivity contribution in [1.82, 2.24) is 5.43 Å². The van der Waals surface area contributed by atoms with Crippen molar-refractivity contribution in [2.24, 2.45) is 5.10 Å². The van der Waals surface area contributed by atoms with Gasteiger partial charge in [0.15, 0.2) is 0 Å². The minimum atomic E-state index is -0.332. The molecular weight excluding hydrogens is 378 g/mol. The number of carbonyl (C=O) groups is 1. The van der Waals surface area contributed by atoms with Gasteiger partial charge in [-0.05, 0) is 47.9 Å². The van der Waals surface area contributed by atoms with Crippen molar-refractivity contribution in [2.75, 3.05) is 32.2 Å². The molecule has 0 aliphatic carbocycles. The van der Waals surface area contributed by atoms with Crippen LogP contribution in [0.1, 0.15) is 28.8 Å². The molecular formula is C24H25N3O3. The molecule has 0 radical (unpaired) electrons. The van der Waals surface area contributed by atoms with E-state index in [1.165, 1.54) is 12.8 Å². The van der Waals surface area contributed by atoms with Crippen molar-refractivity contribution >= 4 is 28.6 Å². The van der Waals surface area contributed by atoms with E-state index in [1.807, 2.05) is 48.5 Å². The fourth-order valence-corrected chi connectivity index (χ4v) is 3.76. The molecule has 0 unspecified atom stereocenters. The van der Waals surface area contributed by atoms with Crippen LogP contribution >= 0.6 is 0 Å². The lowest BCUT2D eigenvalue weighted by Crippen LogP contribution is -2.19. The lowest BCUT2D eigenvalue weighted by molar-refractivity contribution is 0.0952. The second-order valence-electron chi connectivity index (χ2n) is 7.22. The Bertz CT molecular complexity index is 1090. The molecule has 3 aromatic rings. The summed E-state index contributed by atoms with van der Waals surface area (Å²) in [5, 5.41) is 6.11. The molecule has 1 saturated heterocycles. The van der Waals surface area contributed by atoms with Crippen molar-refractivity contribution in [3.63, 3.8) is 0 Å². The molecule has 1 fully saturated rings. The number of hydrazone groups is 1. The zero-order chi connectivity index (χ0) is 20.9. The Morgan fingerprint density at radius 3 is 2.37 bits per heavy atom. The fourth-order valence-electron chi connectivity index (χ4n) is 3.76. The highest BCUT2D eigenvalue weighted by Gasteiger charge is 2.15. The van der Waals surface area contributed by atoms with Gasteiger partial charge in [0.2, 0.25) is 0 Å². The monoisotopic (exact) mass is 403 g/mol. The highest BCUT2D eigenvalue weighted by Crippen LogP contribution is 2.28. The third kappa shape index (κ3) is 4.08. The number of hydrogen-bond donors (Lipinski definition) is 1. The number of carbonyl (C=O) groups excluding carboxylic acids is 1. The van der Waals surface area contributed by atoms with Crippen LogP contribution < -0.4 is 19.8 Å². The first-order chi connectivity index (χ1) is 14.7. The van der Waals surface area contributed by atoms with Gasteiger partial charge in [0, 0.05) is 30.4 Å². The van der Waals surface area contributed by atoms with Gasteiger partial charge in [-0.15, -0.1) is 0 Å². The summed E-state index contributed by atoms with van der Waals surface area (Å²) in [4.78, 5) is 15.0. The summed E-state index contributed by atoms with van der Waals surface area (Å²) < 4.78 is 10.9. The first-order valence-electron chi connectivity index (χ1n) is 10.0. The fraction of sp³-hybridized carbons (Fsp3) is 0.250. The number of nitrogens with zero attached hydrogens (tertiary/aromatic N) is 2. The molecule has 154 valence electrons. The maximum Gasteiger partial charge on any atom is 0.275 e. The molecule has 0 saturated carbocycles. The molecule has 6 nitrogen and oxygen atoms in total. The van der Waals surface area contributed by atoms with Gasteiger partial charge >= 0.3 is 0 Å². The SMILES string of the molecule is COc1cc(N2CCCC2)ccc1C=NNC(=O)c1cc2ccccc2cc1OC. The summed E-state index contributed by atoms with van der Waals surface area (Å²) in [6, 6.07) is 17.5. The average molecular weight is 403 g/mol. The summed E-state index contributed by atoms with van der Waals surface area (Å²) in [7, 11) is 3.19. The van der Waals surface area contributed by atoms with Crippen LogP contribution in [0.15, 0.2) is 59.7 Å². The zero-order valence-electron chi connectivity index (χ0n) is 17.2. The molecule has 0 atom stereocenters. The van der Waals surface area contributed by atoms with E-state index in [9.17, 15) is 4.79 Å². The predicted octanol–water partition coefficient (Wildman–Crippen LogP) is 4.22. The van der Waals surface area contributed by atoms with Crippen molar-refractivity contribution in [3.05, 3.63) is 65.7 Å². The summed E-state index contributed by atoms with van der Waals surface area (Å²) >= 11 is 0. The Labute approximate surface area is 176 Å². The first-order valence-corrected chi connectivity index (χ1v) is 10.0. The van der Waals surface area contributed by atoms with Gasteiger partial charge in [-0.1, -0.05) is 24.3 Å². The van der Waals surface area contributed by atoms with Gasteiger partial charge < -0.3 is 14.4 Å². The van der Waals surface area contributed by atoms with Gasteiger partial charge in [0.25, 0.3) is 5.91 Å². The van der Waals surface area contributed by atoms with Crippen molar-refractivity contribution in [1.29, 1.82) is 0 Å². The van der Waals surface area contributed by atoms with E-state index < -0.39 is 0 Å². The van der Waals surface area contributed by atoms with E-state index in [1.54, 1.807) is 20.4 Å². The average Bonchev–Trinajstić information content (AvgIpc) is 3.33. The number of rotatable bonds is 6. The van der Waals surface area contributed by atoms with Crippen LogP contribution in [0.5, 0.6) is 11.5 Å². The Balaban J connectivity index is 1.51. The van der Waals surface area contributed by atoms with Gasteiger partial charge in [-0.3, -0.25) is 4.79 Å². The van der Waals surface area contributed by atoms with E-state index in [-0.39, 0.29) is 5.91 Å². The van der Waals surface area contributed by atoms with Gasteiger partial charge in [-0.25, -0.2) is 5.43 Å². The van der Waals surface area contributed by atoms with E-state index in [2.05, 4.69) is 21.5 Å². The smallest absolute Gasteiger partial charge is 0.275 e. The minimum absolute atomic E-state index is 0.332. The normalized spacial score (nSPS) is 13.7. The molecule has 1 aliphatic heterocycles. The maximum atomic E-state index is 12.7. The predicted molar refractivity (Wildman–Crippen MR) is 120 cm³/mol. The highest BCUT2D eigenvalue weighted by atomic mass is 16.5. The molecule has 1 N–H and O–H groups in total.